The van der Waals surface area contributed by atoms with E-state index in [1.54, 1.807) is 0 Å². The lowest BCUT2D eigenvalue weighted by molar-refractivity contribution is -0.159. The minimum Gasteiger partial charge on any atom is -0.374 e. The van der Waals surface area contributed by atoms with Crippen LogP contribution < -0.4 is 0 Å². The van der Waals surface area contributed by atoms with Crippen LogP contribution >= 0.6 is 0 Å². The molecule has 1 N–H and O–H groups in total. The second-order valence-electron chi connectivity index (χ2n) is 4.14. The molecule has 5 atom stereocenters. The van der Waals surface area contributed by atoms with Gasteiger partial charge in [-0.15, -0.1) is 0 Å². The van der Waals surface area contributed by atoms with Gasteiger partial charge in [0, 0.05) is 12.3 Å². The lowest BCUT2D eigenvalue weighted by Crippen LogP contribution is -2.39. The first-order chi connectivity index (χ1) is 5.84. The molecule has 3 aliphatic rings. The molecule has 0 amide bonds. The Hall–Kier alpha value is -0.120. The summed E-state index contributed by atoms with van der Waals surface area (Å²) in [4.78, 5) is 0. The quantitative estimate of drug-likeness (QED) is 0.576. The van der Waals surface area contributed by atoms with E-state index in [9.17, 15) is 5.11 Å². The van der Waals surface area contributed by atoms with E-state index in [1.165, 1.54) is 12.8 Å². The van der Waals surface area contributed by atoms with E-state index in [4.69, 9.17) is 9.47 Å². The number of rotatable bonds is 0. The van der Waals surface area contributed by atoms with Crippen LogP contribution in [0.15, 0.2) is 0 Å². The summed E-state index contributed by atoms with van der Waals surface area (Å²) in [5.41, 5.74) is 0. The van der Waals surface area contributed by atoms with E-state index in [1.807, 2.05) is 0 Å². The number of ether oxygens (including phenoxy) is 2. The summed E-state index contributed by atoms with van der Waals surface area (Å²) in [5, 5.41) is 9.31. The van der Waals surface area contributed by atoms with E-state index in [0.717, 1.165) is 6.42 Å². The first kappa shape index (κ1) is 7.30. The van der Waals surface area contributed by atoms with E-state index in [0.29, 0.717) is 30.7 Å². The molecule has 3 nitrogen and oxygen atoms in total. The summed E-state index contributed by atoms with van der Waals surface area (Å²) in [6.45, 7) is 0.701. The molecule has 0 aromatic carbocycles. The van der Waals surface area contributed by atoms with Crippen molar-refractivity contribution >= 4 is 0 Å². The smallest absolute Gasteiger partial charge is 0.154 e. The highest BCUT2D eigenvalue weighted by molar-refractivity contribution is 4.97. The van der Waals surface area contributed by atoms with Gasteiger partial charge in [-0.2, -0.15) is 0 Å². The molecule has 3 heteroatoms. The van der Waals surface area contributed by atoms with Crippen molar-refractivity contribution in [3.05, 3.63) is 0 Å². The molecule has 0 aromatic rings. The van der Waals surface area contributed by atoms with Gasteiger partial charge < -0.3 is 14.6 Å². The Kier molecular flexibility index (Phi) is 1.48. The Labute approximate surface area is 71.7 Å². The first-order valence-corrected chi connectivity index (χ1v) is 4.80. The molecule has 1 unspecified atom stereocenters. The molecular weight excluding hydrogens is 156 g/mol. The van der Waals surface area contributed by atoms with Crippen molar-refractivity contribution in [3.63, 3.8) is 0 Å². The van der Waals surface area contributed by atoms with Crippen LogP contribution in [-0.4, -0.2) is 30.2 Å². The number of hydrogen-bond donors (Lipinski definition) is 1. The topological polar surface area (TPSA) is 38.7 Å². The third-order valence-corrected chi connectivity index (χ3v) is 3.55. The molecule has 0 radical (unpaired) electrons. The summed E-state index contributed by atoms with van der Waals surface area (Å²) < 4.78 is 11.0. The van der Waals surface area contributed by atoms with E-state index >= 15 is 0 Å². The molecule has 3 rings (SSSR count). The fourth-order valence-electron chi connectivity index (χ4n) is 2.95. The fraction of sp³-hybridized carbons (Fsp3) is 1.00. The monoisotopic (exact) mass is 170 g/mol. The van der Waals surface area contributed by atoms with Crippen molar-refractivity contribution < 1.29 is 14.6 Å². The first-order valence-electron chi connectivity index (χ1n) is 4.80. The van der Waals surface area contributed by atoms with Crippen molar-refractivity contribution in [1.82, 2.24) is 0 Å². The molecule has 12 heavy (non-hydrogen) atoms. The van der Waals surface area contributed by atoms with Crippen LogP contribution in [0.4, 0.5) is 0 Å². The number of hydrogen-bond acceptors (Lipinski definition) is 3. The predicted octanol–water partition coefficient (Wildman–Crippen LogP) is 0.519. The van der Waals surface area contributed by atoms with Crippen LogP contribution in [0.5, 0.6) is 0 Å². The Morgan fingerprint density at radius 3 is 2.67 bits per heavy atom. The maximum Gasteiger partial charge on any atom is 0.154 e. The summed E-state index contributed by atoms with van der Waals surface area (Å²) in [6.07, 6.45) is 3.51. The molecule has 0 saturated carbocycles. The number of fused-ring (bicyclic) bond motifs is 5. The Bertz CT molecular complexity index is 194. The van der Waals surface area contributed by atoms with Crippen LogP contribution in [0.3, 0.4) is 0 Å². The standard InChI is InChI=1S/C9H14O3/c10-9-3-5-6(4-11-9)8-2-1-7(5)12-8/h5-10H,1-4H2/t5-,6+,7-,8+,9?/m1/s1. The van der Waals surface area contributed by atoms with Gasteiger partial charge in [-0.3, -0.25) is 0 Å². The van der Waals surface area contributed by atoms with Crippen molar-refractivity contribution in [2.24, 2.45) is 11.8 Å². The van der Waals surface area contributed by atoms with Gasteiger partial charge in [-0.1, -0.05) is 0 Å². The van der Waals surface area contributed by atoms with Crippen LogP contribution in [0.2, 0.25) is 0 Å². The lowest BCUT2D eigenvalue weighted by atomic mass is 9.76. The van der Waals surface area contributed by atoms with E-state index in [-0.39, 0.29) is 0 Å². The Morgan fingerprint density at radius 1 is 1.08 bits per heavy atom. The van der Waals surface area contributed by atoms with Gasteiger partial charge in [-0.05, 0) is 18.8 Å². The fourth-order valence-corrected chi connectivity index (χ4v) is 2.95. The van der Waals surface area contributed by atoms with Crippen LogP contribution in [0.25, 0.3) is 0 Å². The molecule has 3 aliphatic heterocycles. The molecular formula is C9H14O3. The van der Waals surface area contributed by atoms with Gasteiger partial charge in [0.2, 0.25) is 0 Å². The Balaban J connectivity index is 1.81. The van der Waals surface area contributed by atoms with Gasteiger partial charge in [-0.25, -0.2) is 0 Å². The van der Waals surface area contributed by atoms with Crippen molar-refractivity contribution in [2.45, 2.75) is 37.8 Å². The summed E-state index contributed by atoms with van der Waals surface area (Å²) in [7, 11) is 0. The normalized spacial score (nSPS) is 57.2. The Morgan fingerprint density at radius 2 is 1.83 bits per heavy atom. The highest BCUT2D eigenvalue weighted by Crippen LogP contribution is 2.47. The lowest BCUT2D eigenvalue weighted by Gasteiger charge is -2.34. The van der Waals surface area contributed by atoms with Crippen LogP contribution in [-0.2, 0) is 9.47 Å². The number of aliphatic hydroxyl groups excluding tert-OH is 1. The van der Waals surface area contributed by atoms with Crippen LogP contribution in [0.1, 0.15) is 19.3 Å². The molecule has 0 spiro atoms. The maximum atomic E-state index is 9.31. The molecule has 3 fully saturated rings. The largest absolute Gasteiger partial charge is 0.374 e. The van der Waals surface area contributed by atoms with E-state index < -0.39 is 6.29 Å². The average molecular weight is 170 g/mol. The zero-order valence-electron chi connectivity index (χ0n) is 6.98. The zero-order chi connectivity index (χ0) is 8.13. The van der Waals surface area contributed by atoms with Gasteiger partial charge in [0.1, 0.15) is 0 Å². The van der Waals surface area contributed by atoms with Gasteiger partial charge in [0.15, 0.2) is 6.29 Å². The molecule has 2 bridgehead atoms. The zero-order valence-corrected chi connectivity index (χ0v) is 6.98. The molecule has 0 aliphatic carbocycles. The van der Waals surface area contributed by atoms with Gasteiger partial charge in [0.25, 0.3) is 0 Å². The van der Waals surface area contributed by atoms with Crippen LogP contribution in [0, 0.1) is 11.8 Å². The number of aliphatic hydroxyl groups is 1. The molecule has 3 heterocycles. The average Bonchev–Trinajstić information content (AvgIpc) is 2.63. The van der Waals surface area contributed by atoms with E-state index in [2.05, 4.69) is 0 Å². The highest BCUT2D eigenvalue weighted by atomic mass is 16.6. The third-order valence-electron chi connectivity index (χ3n) is 3.55. The third kappa shape index (κ3) is 0.873. The van der Waals surface area contributed by atoms with Gasteiger partial charge in [0.05, 0.1) is 18.8 Å². The van der Waals surface area contributed by atoms with Gasteiger partial charge >= 0.3 is 0 Å². The van der Waals surface area contributed by atoms with Crippen molar-refractivity contribution in [2.75, 3.05) is 6.61 Å². The van der Waals surface area contributed by atoms with Crippen molar-refractivity contribution in [3.8, 4) is 0 Å². The minimum absolute atomic E-state index is 0.429. The minimum atomic E-state index is -0.533. The summed E-state index contributed by atoms with van der Waals surface area (Å²) in [6, 6.07) is 0. The van der Waals surface area contributed by atoms with Crippen molar-refractivity contribution in [1.29, 1.82) is 0 Å². The molecule has 3 saturated heterocycles. The maximum absolute atomic E-state index is 9.31. The second kappa shape index (κ2) is 2.44. The predicted molar refractivity (Wildman–Crippen MR) is 41.5 cm³/mol. The molecule has 68 valence electrons. The highest BCUT2D eigenvalue weighted by Gasteiger charge is 2.51. The second-order valence-corrected chi connectivity index (χ2v) is 4.14. The SMILES string of the molecule is OC1C[C@@H]2[C@H](CO1)[C@@H]1CC[C@H]2O1. The summed E-state index contributed by atoms with van der Waals surface area (Å²) in [5.74, 6) is 1.15. The molecule has 0 aromatic heterocycles. The summed E-state index contributed by atoms with van der Waals surface area (Å²) >= 11 is 0.